The first kappa shape index (κ1) is 21.8. The van der Waals surface area contributed by atoms with E-state index in [0.29, 0.717) is 13.1 Å². The third-order valence-corrected chi connectivity index (χ3v) is 4.12. The van der Waals surface area contributed by atoms with Gasteiger partial charge in [0.25, 0.3) is 0 Å². The molecule has 0 amide bonds. The summed E-state index contributed by atoms with van der Waals surface area (Å²) in [5, 5.41) is 23.0. The van der Waals surface area contributed by atoms with E-state index < -0.39 is 0 Å². The molecule has 11 nitrogen and oxygen atoms in total. The van der Waals surface area contributed by atoms with Gasteiger partial charge in [0.1, 0.15) is 24.3 Å². The molecule has 28 heavy (non-hydrogen) atoms. The number of guanidine groups is 1. The van der Waals surface area contributed by atoms with Crippen LogP contribution in [0.3, 0.4) is 0 Å². The van der Waals surface area contributed by atoms with E-state index in [9.17, 15) is 0 Å². The number of aliphatic imine (C=N–C) groups is 1. The summed E-state index contributed by atoms with van der Waals surface area (Å²) >= 11 is 0. The topological polar surface area (TPSA) is 123 Å². The van der Waals surface area contributed by atoms with Gasteiger partial charge in [0.05, 0.1) is 11.6 Å². The van der Waals surface area contributed by atoms with Crippen molar-refractivity contribution >= 4 is 46.8 Å². The molecule has 3 aromatic heterocycles. The fourth-order valence-corrected chi connectivity index (χ4v) is 2.72. The van der Waals surface area contributed by atoms with Crippen LogP contribution in [0.15, 0.2) is 23.8 Å². The van der Waals surface area contributed by atoms with Crippen LogP contribution in [0.5, 0.6) is 0 Å². The largest absolute Gasteiger partial charge is 0.368 e. The molecule has 0 aliphatic carbocycles. The Morgan fingerprint density at radius 1 is 1.18 bits per heavy atom. The van der Waals surface area contributed by atoms with Crippen LogP contribution in [0, 0.1) is 0 Å². The Kier molecular flexibility index (Phi) is 8.35. The zero-order valence-corrected chi connectivity index (χ0v) is 18.6. The first-order valence-electron chi connectivity index (χ1n) is 8.90. The first-order valence-corrected chi connectivity index (χ1v) is 8.90. The maximum atomic E-state index is 4.29. The number of nitrogens with zero attached hydrogens (tertiary/aromatic N) is 8. The molecular formula is C16H26IN11. The summed E-state index contributed by atoms with van der Waals surface area (Å²) in [5.74, 6) is 2.50. The summed E-state index contributed by atoms with van der Waals surface area (Å²) in [6.45, 7) is 4.97. The highest BCUT2D eigenvalue weighted by Gasteiger charge is 2.07. The summed E-state index contributed by atoms with van der Waals surface area (Å²) in [7, 11) is 3.61. The lowest BCUT2D eigenvalue weighted by atomic mass is 10.4. The first-order chi connectivity index (χ1) is 13.2. The lowest BCUT2D eigenvalue weighted by Gasteiger charge is -2.13. The van der Waals surface area contributed by atoms with Crippen molar-refractivity contribution in [2.45, 2.75) is 19.9 Å². The van der Waals surface area contributed by atoms with Crippen LogP contribution >= 0.6 is 24.0 Å². The second kappa shape index (κ2) is 10.7. The van der Waals surface area contributed by atoms with Crippen molar-refractivity contribution in [2.75, 3.05) is 32.0 Å². The Morgan fingerprint density at radius 2 is 2.00 bits per heavy atom. The van der Waals surface area contributed by atoms with Gasteiger partial charge in [0, 0.05) is 46.7 Å². The predicted molar refractivity (Wildman–Crippen MR) is 119 cm³/mol. The molecule has 0 radical (unpaired) electrons. The molecule has 0 spiro atoms. The van der Waals surface area contributed by atoms with E-state index in [1.165, 1.54) is 6.33 Å². The van der Waals surface area contributed by atoms with Crippen molar-refractivity contribution in [1.29, 1.82) is 0 Å². The van der Waals surface area contributed by atoms with E-state index in [4.69, 9.17) is 0 Å². The molecule has 0 aliphatic rings. The SMILES string of the molecule is CCc1nncn1CCNC(=NC)NCCNc1ncnc2c1cnn2C.I. The highest BCUT2D eigenvalue weighted by molar-refractivity contribution is 14.0. The van der Waals surface area contributed by atoms with Gasteiger partial charge in [0.2, 0.25) is 0 Å². The van der Waals surface area contributed by atoms with Gasteiger partial charge in [-0.1, -0.05) is 6.92 Å². The average Bonchev–Trinajstić information content (AvgIpc) is 3.30. The summed E-state index contributed by atoms with van der Waals surface area (Å²) < 4.78 is 3.77. The zero-order valence-electron chi connectivity index (χ0n) is 16.3. The summed E-state index contributed by atoms with van der Waals surface area (Å²) in [4.78, 5) is 12.8. The van der Waals surface area contributed by atoms with Crippen molar-refractivity contribution in [1.82, 2.24) is 45.1 Å². The van der Waals surface area contributed by atoms with Gasteiger partial charge in [-0.2, -0.15) is 5.10 Å². The van der Waals surface area contributed by atoms with Crippen LogP contribution in [0.25, 0.3) is 11.0 Å². The molecule has 3 N–H and O–H groups in total. The number of halogens is 1. The molecular weight excluding hydrogens is 473 g/mol. The lowest BCUT2D eigenvalue weighted by Crippen LogP contribution is -2.40. The van der Waals surface area contributed by atoms with Gasteiger partial charge >= 0.3 is 0 Å². The normalized spacial score (nSPS) is 11.3. The molecule has 152 valence electrons. The second-order valence-electron chi connectivity index (χ2n) is 5.87. The van der Waals surface area contributed by atoms with Crippen molar-refractivity contribution < 1.29 is 0 Å². The van der Waals surface area contributed by atoms with Crippen molar-refractivity contribution in [3.05, 3.63) is 24.7 Å². The average molecular weight is 499 g/mol. The van der Waals surface area contributed by atoms with Crippen molar-refractivity contribution in [3.63, 3.8) is 0 Å². The fourth-order valence-electron chi connectivity index (χ4n) is 2.72. The Labute approximate surface area is 180 Å². The molecule has 0 unspecified atom stereocenters. The number of hydrogen-bond donors (Lipinski definition) is 3. The monoisotopic (exact) mass is 499 g/mol. The van der Waals surface area contributed by atoms with Crippen LogP contribution in [-0.4, -0.2) is 67.2 Å². The van der Waals surface area contributed by atoms with E-state index >= 15 is 0 Å². The zero-order chi connectivity index (χ0) is 19.1. The Balaban J connectivity index is 0.00000280. The number of anilines is 1. The summed E-state index contributed by atoms with van der Waals surface area (Å²) in [6, 6.07) is 0. The minimum absolute atomic E-state index is 0. The molecule has 0 saturated heterocycles. The molecule has 3 aromatic rings. The molecule has 3 rings (SSSR count). The van der Waals surface area contributed by atoms with Crippen molar-refractivity contribution in [3.8, 4) is 0 Å². The van der Waals surface area contributed by atoms with Gasteiger partial charge in [-0.25, -0.2) is 9.97 Å². The Morgan fingerprint density at radius 3 is 2.79 bits per heavy atom. The molecule has 3 heterocycles. The number of rotatable bonds is 8. The molecule has 0 fully saturated rings. The van der Waals surface area contributed by atoms with Gasteiger partial charge < -0.3 is 20.5 Å². The lowest BCUT2D eigenvalue weighted by molar-refractivity contribution is 0.633. The highest BCUT2D eigenvalue weighted by atomic mass is 127. The standard InChI is InChI=1S/C16H25N11.HI/c1-4-13-25-23-11-27(13)8-7-20-16(17-2)19-6-5-18-14-12-9-24-26(3)15(12)22-10-21-14;/h9-11H,4-8H2,1-3H3,(H2,17,19,20)(H,18,21,22);1H. The Hall–Kier alpha value is -2.51. The smallest absolute Gasteiger partial charge is 0.191 e. The van der Waals surface area contributed by atoms with Crippen LogP contribution < -0.4 is 16.0 Å². The Bertz CT molecular complexity index is 901. The molecule has 0 aliphatic heterocycles. The highest BCUT2D eigenvalue weighted by Crippen LogP contribution is 2.16. The van der Waals surface area contributed by atoms with Crippen molar-refractivity contribution in [2.24, 2.45) is 12.0 Å². The third-order valence-electron chi connectivity index (χ3n) is 4.12. The molecule has 12 heteroatoms. The number of aryl methyl sites for hydroxylation is 2. The van der Waals surface area contributed by atoms with Crippen LogP contribution in [-0.2, 0) is 20.0 Å². The van der Waals surface area contributed by atoms with Crippen LogP contribution in [0.4, 0.5) is 5.82 Å². The van der Waals surface area contributed by atoms with E-state index in [2.05, 4.69) is 53.1 Å². The molecule has 0 bridgehead atoms. The number of fused-ring (bicyclic) bond motifs is 1. The maximum absolute atomic E-state index is 4.29. The maximum Gasteiger partial charge on any atom is 0.191 e. The van der Waals surface area contributed by atoms with E-state index in [-0.39, 0.29) is 24.0 Å². The summed E-state index contributed by atoms with van der Waals surface area (Å²) in [6.07, 6.45) is 5.92. The van der Waals surface area contributed by atoms with E-state index in [1.54, 1.807) is 24.3 Å². The van der Waals surface area contributed by atoms with Gasteiger partial charge in [0.15, 0.2) is 11.6 Å². The molecule has 0 aromatic carbocycles. The number of hydrogen-bond acceptors (Lipinski definition) is 7. The van der Waals surface area contributed by atoms with Crippen LogP contribution in [0.2, 0.25) is 0 Å². The van der Waals surface area contributed by atoms with Gasteiger partial charge in [-0.3, -0.25) is 9.67 Å². The second-order valence-corrected chi connectivity index (χ2v) is 5.87. The number of aromatic nitrogens is 7. The predicted octanol–water partition coefficient (Wildman–Crippen LogP) is 0.412. The summed E-state index contributed by atoms with van der Waals surface area (Å²) in [5.41, 5.74) is 0.804. The van der Waals surface area contributed by atoms with Crippen LogP contribution in [0.1, 0.15) is 12.7 Å². The fraction of sp³-hybridized carbons (Fsp3) is 0.500. The third kappa shape index (κ3) is 5.27. The van der Waals surface area contributed by atoms with Gasteiger partial charge in [-0.15, -0.1) is 34.2 Å². The molecule has 0 saturated carbocycles. The van der Waals surface area contributed by atoms with E-state index in [0.717, 1.165) is 48.1 Å². The quantitative estimate of drug-likeness (QED) is 0.176. The molecule has 0 atom stereocenters. The van der Waals surface area contributed by atoms with E-state index in [1.807, 2.05) is 11.6 Å². The van der Waals surface area contributed by atoms with Gasteiger partial charge in [-0.05, 0) is 0 Å². The minimum Gasteiger partial charge on any atom is -0.368 e. The number of nitrogens with one attached hydrogen (secondary N) is 3. The minimum atomic E-state index is 0.